The van der Waals surface area contributed by atoms with Crippen molar-refractivity contribution in [2.45, 2.75) is 26.3 Å². The van der Waals surface area contributed by atoms with E-state index in [9.17, 15) is 8.42 Å². The summed E-state index contributed by atoms with van der Waals surface area (Å²) in [6.07, 6.45) is 0.996. The second kappa shape index (κ2) is 8.75. The number of nitrogens with one attached hydrogen (secondary N) is 2. The molecular weight excluding hydrogens is 314 g/mol. The van der Waals surface area contributed by atoms with Crippen LogP contribution in [0.3, 0.4) is 0 Å². The fourth-order valence-corrected chi connectivity index (χ4v) is 3.61. The zero-order chi connectivity index (χ0) is 16.7. The highest BCUT2D eigenvalue weighted by Crippen LogP contribution is 2.22. The van der Waals surface area contributed by atoms with E-state index in [-0.39, 0.29) is 6.04 Å². The molecular formula is C16H27N3O3S. The van der Waals surface area contributed by atoms with Crippen LogP contribution in [0.4, 0.5) is 0 Å². The van der Waals surface area contributed by atoms with Crippen molar-refractivity contribution in [1.82, 2.24) is 14.3 Å². The molecule has 130 valence electrons. The Morgan fingerprint density at radius 3 is 2.35 bits per heavy atom. The van der Waals surface area contributed by atoms with Crippen LogP contribution in [0.15, 0.2) is 24.3 Å². The average Bonchev–Trinajstić information content (AvgIpc) is 2.56. The second-order valence-electron chi connectivity index (χ2n) is 5.61. The van der Waals surface area contributed by atoms with Gasteiger partial charge in [0, 0.05) is 32.2 Å². The number of aryl methyl sites for hydroxylation is 1. The molecule has 0 bridgehead atoms. The normalized spacial score (nSPS) is 18.0. The van der Waals surface area contributed by atoms with E-state index < -0.39 is 10.2 Å². The lowest BCUT2D eigenvalue weighted by Gasteiger charge is -2.35. The summed E-state index contributed by atoms with van der Waals surface area (Å²) in [6.45, 7) is 7.60. The number of ether oxygens (including phenoxy) is 1. The summed E-state index contributed by atoms with van der Waals surface area (Å²) >= 11 is 0. The minimum Gasteiger partial charge on any atom is -0.379 e. The molecule has 1 aliphatic rings. The van der Waals surface area contributed by atoms with Crippen molar-refractivity contribution in [3.8, 4) is 0 Å². The summed E-state index contributed by atoms with van der Waals surface area (Å²) in [7, 11) is -3.44. The van der Waals surface area contributed by atoms with Gasteiger partial charge in [0.25, 0.3) is 10.2 Å². The van der Waals surface area contributed by atoms with E-state index in [1.807, 2.05) is 0 Å². The summed E-state index contributed by atoms with van der Waals surface area (Å²) in [5, 5.41) is 0. The van der Waals surface area contributed by atoms with Gasteiger partial charge >= 0.3 is 0 Å². The second-order valence-corrected chi connectivity index (χ2v) is 7.19. The first kappa shape index (κ1) is 18.4. The van der Waals surface area contributed by atoms with E-state index in [0.717, 1.165) is 25.1 Å². The molecule has 0 aromatic heterocycles. The number of hydrogen-bond acceptors (Lipinski definition) is 4. The molecule has 0 radical (unpaired) electrons. The topological polar surface area (TPSA) is 70.7 Å². The lowest BCUT2D eigenvalue weighted by molar-refractivity contribution is 0.0172. The smallest absolute Gasteiger partial charge is 0.276 e. The molecule has 1 saturated heterocycles. The maximum atomic E-state index is 11.9. The third kappa shape index (κ3) is 5.54. The predicted molar refractivity (Wildman–Crippen MR) is 91.6 cm³/mol. The average molecular weight is 341 g/mol. The highest BCUT2D eigenvalue weighted by Gasteiger charge is 2.24. The Hall–Kier alpha value is -0.990. The Morgan fingerprint density at radius 2 is 1.78 bits per heavy atom. The molecule has 6 nitrogen and oxygen atoms in total. The highest BCUT2D eigenvalue weighted by molar-refractivity contribution is 7.87. The molecule has 7 heteroatoms. The van der Waals surface area contributed by atoms with Crippen molar-refractivity contribution in [2.24, 2.45) is 0 Å². The Balaban J connectivity index is 2.13. The summed E-state index contributed by atoms with van der Waals surface area (Å²) in [5.74, 6) is 0. The van der Waals surface area contributed by atoms with Gasteiger partial charge in [0.15, 0.2) is 0 Å². The van der Waals surface area contributed by atoms with Gasteiger partial charge in [0.05, 0.1) is 13.2 Å². The number of hydrogen-bond donors (Lipinski definition) is 2. The van der Waals surface area contributed by atoms with Crippen molar-refractivity contribution < 1.29 is 13.2 Å². The van der Waals surface area contributed by atoms with Crippen LogP contribution in [0, 0.1) is 0 Å². The minimum absolute atomic E-state index is 0.0123. The molecule has 2 N–H and O–H groups in total. The van der Waals surface area contributed by atoms with Crippen molar-refractivity contribution >= 4 is 10.2 Å². The summed E-state index contributed by atoms with van der Waals surface area (Å²) in [5.41, 5.74) is 2.41. The molecule has 0 amide bonds. The van der Waals surface area contributed by atoms with Gasteiger partial charge in [-0.15, -0.1) is 0 Å². The number of nitrogens with zero attached hydrogens (tertiary/aromatic N) is 1. The van der Waals surface area contributed by atoms with Crippen LogP contribution in [0.2, 0.25) is 0 Å². The largest absolute Gasteiger partial charge is 0.379 e. The third-order valence-electron chi connectivity index (χ3n) is 4.06. The quantitative estimate of drug-likeness (QED) is 0.742. The highest BCUT2D eigenvalue weighted by atomic mass is 32.2. The first-order valence-electron chi connectivity index (χ1n) is 8.20. The van der Waals surface area contributed by atoms with Crippen LogP contribution >= 0.6 is 0 Å². The lowest BCUT2D eigenvalue weighted by Crippen LogP contribution is -2.46. The van der Waals surface area contributed by atoms with Gasteiger partial charge in [-0.05, 0) is 17.5 Å². The van der Waals surface area contributed by atoms with Crippen LogP contribution in [0.1, 0.15) is 31.0 Å². The summed E-state index contributed by atoms with van der Waals surface area (Å²) in [6, 6.07) is 8.43. The molecule has 1 heterocycles. The van der Waals surface area contributed by atoms with Crippen molar-refractivity contribution in [3.63, 3.8) is 0 Å². The molecule has 1 aliphatic heterocycles. The first-order chi connectivity index (χ1) is 11.1. The monoisotopic (exact) mass is 341 g/mol. The molecule has 0 saturated carbocycles. The minimum atomic E-state index is -3.44. The number of benzene rings is 1. The molecule has 23 heavy (non-hydrogen) atoms. The fraction of sp³-hybridized carbons (Fsp3) is 0.625. The lowest BCUT2D eigenvalue weighted by atomic mass is 10.0. The SMILES string of the molecule is CCNS(=O)(=O)NCC(c1ccc(CC)cc1)N1CCOCC1. The van der Waals surface area contributed by atoms with E-state index in [1.165, 1.54) is 5.56 Å². The molecule has 1 unspecified atom stereocenters. The molecule has 1 aromatic rings. The van der Waals surface area contributed by atoms with Gasteiger partial charge in [0.1, 0.15) is 0 Å². The third-order valence-corrected chi connectivity index (χ3v) is 5.28. The van der Waals surface area contributed by atoms with Gasteiger partial charge in [-0.2, -0.15) is 8.42 Å². The van der Waals surface area contributed by atoms with E-state index in [4.69, 9.17) is 4.74 Å². The number of morpholine rings is 1. The molecule has 1 atom stereocenters. The van der Waals surface area contributed by atoms with Gasteiger partial charge < -0.3 is 4.74 Å². The van der Waals surface area contributed by atoms with Gasteiger partial charge in [0.2, 0.25) is 0 Å². The standard InChI is InChI=1S/C16H27N3O3S/c1-3-14-5-7-15(8-6-14)16(19-9-11-22-12-10-19)13-18-23(20,21)17-4-2/h5-8,16-18H,3-4,9-13H2,1-2H3. The maximum Gasteiger partial charge on any atom is 0.276 e. The molecule has 1 aromatic carbocycles. The zero-order valence-corrected chi connectivity index (χ0v) is 14.7. The summed E-state index contributed by atoms with van der Waals surface area (Å²) < 4.78 is 34.3. The van der Waals surface area contributed by atoms with Gasteiger partial charge in [-0.25, -0.2) is 9.44 Å². The van der Waals surface area contributed by atoms with Crippen molar-refractivity contribution in [1.29, 1.82) is 0 Å². The Kier molecular flexibility index (Phi) is 6.98. The van der Waals surface area contributed by atoms with Crippen LogP contribution in [0.5, 0.6) is 0 Å². The fourth-order valence-electron chi connectivity index (χ4n) is 2.75. The Morgan fingerprint density at radius 1 is 1.13 bits per heavy atom. The van der Waals surface area contributed by atoms with Gasteiger partial charge in [-0.1, -0.05) is 38.1 Å². The van der Waals surface area contributed by atoms with E-state index in [2.05, 4.69) is 45.5 Å². The van der Waals surface area contributed by atoms with Crippen molar-refractivity contribution in [2.75, 3.05) is 39.4 Å². The Labute approximate surface area is 139 Å². The van der Waals surface area contributed by atoms with Crippen LogP contribution in [-0.2, 0) is 21.4 Å². The molecule has 0 spiro atoms. The molecule has 0 aliphatic carbocycles. The molecule has 1 fully saturated rings. The maximum absolute atomic E-state index is 11.9. The van der Waals surface area contributed by atoms with E-state index >= 15 is 0 Å². The zero-order valence-electron chi connectivity index (χ0n) is 13.9. The number of rotatable bonds is 8. The first-order valence-corrected chi connectivity index (χ1v) is 9.69. The van der Waals surface area contributed by atoms with Crippen LogP contribution < -0.4 is 9.44 Å². The van der Waals surface area contributed by atoms with E-state index in [0.29, 0.717) is 26.3 Å². The van der Waals surface area contributed by atoms with E-state index in [1.54, 1.807) is 6.92 Å². The summed E-state index contributed by atoms with van der Waals surface area (Å²) in [4.78, 5) is 2.28. The van der Waals surface area contributed by atoms with Crippen LogP contribution in [-0.4, -0.2) is 52.7 Å². The van der Waals surface area contributed by atoms with Gasteiger partial charge in [-0.3, -0.25) is 4.90 Å². The molecule has 2 rings (SSSR count). The van der Waals surface area contributed by atoms with Crippen molar-refractivity contribution in [3.05, 3.63) is 35.4 Å². The van der Waals surface area contributed by atoms with Crippen LogP contribution in [0.25, 0.3) is 0 Å². The Bertz CT molecular complexity index is 569. The predicted octanol–water partition coefficient (Wildman–Crippen LogP) is 1.07.